The molecule has 1 fully saturated rings. The maximum absolute atomic E-state index is 12.7. The highest BCUT2D eigenvalue weighted by Crippen LogP contribution is 2.32. The Bertz CT molecular complexity index is 703. The van der Waals surface area contributed by atoms with Crippen LogP contribution in [0.3, 0.4) is 0 Å². The Morgan fingerprint density at radius 2 is 2.00 bits per heavy atom. The first-order valence-corrected chi connectivity index (χ1v) is 7.80. The van der Waals surface area contributed by atoms with Gasteiger partial charge in [0.1, 0.15) is 5.69 Å². The number of halogens is 4. The largest absolute Gasteiger partial charge is 0.433 e. The van der Waals surface area contributed by atoms with Crippen molar-refractivity contribution in [1.29, 1.82) is 0 Å². The molecule has 1 aromatic heterocycles. The van der Waals surface area contributed by atoms with Gasteiger partial charge in [-0.15, -0.1) is 3.89 Å². The van der Waals surface area contributed by atoms with E-state index in [0.29, 0.717) is 0 Å². The molecule has 1 atom stereocenters. The maximum Gasteiger partial charge on any atom is 0.433 e. The van der Waals surface area contributed by atoms with Crippen molar-refractivity contribution < 1.29 is 30.3 Å². The van der Waals surface area contributed by atoms with E-state index < -0.39 is 39.7 Å². The summed E-state index contributed by atoms with van der Waals surface area (Å²) in [4.78, 5) is 16.4. The first kappa shape index (κ1) is 16.7. The predicted molar refractivity (Wildman–Crippen MR) is 69.3 cm³/mol. The number of carbonyl (C=O) groups is 1. The van der Waals surface area contributed by atoms with E-state index in [2.05, 4.69) is 4.98 Å². The number of nitrogens with zero attached hydrogens (tertiary/aromatic N) is 2. The van der Waals surface area contributed by atoms with Crippen molar-refractivity contribution in [3.8, 4) is 0 Å². The number of pyridine rings is 1. The molecular formula is C12H12F4N2O3S. The molecule has 2 heterocycles. The zero-order chi connectivity index (χ0) is 16.7. The fourth-order valence-corrected chi connectivity index (χ4v) is 3.19. The third-order valence-electron chi connectivity index (χ3n) is 3.28. The molecule has 0 saturated carbocycles. The first-order chi connectivity index (χ1) is 9.97. The molecule has 1 aromatic rings. The van der Waals surface area contributed by atoms with Gasteiger partial charge in [-0.3, -0.25) is 4.79 Å². The minimum atomic E-state index is -4.72. The molecule has 10 heteroatoms. The molecule has 0 spiro atoms. The number of hydrogen-bond donors (Lipinski definition) is 0. The van der Waals surface area contributed by atoms with Crippen molar-refractivity contribution in [3.05, 3.63) is 23.5 Å². The predicted octanol–water partition coefficient (Wildman–Crippen LogP) is 2.06. The standard InChI is InChI=1S/C12H12F4N2O3S/c1-7-9(2-3-10(17-7)12(13,14)15)18-5-8(4-11(18)19)6-22(16,20)21/h2-3,8H,4-6H2,1H3. The maximum atomic E-state index is 12.7. The van der Waals surface area contributed by atoms with E-state index in [-0.39, 0.29) is 24.3 Å². The van der Waals surface area contributed by atoms with E-state index >= 15 is 0 Å². The average Bonchev–Trinajstić information content (AvgIpc) is 2.66. The van der Waals surface area contributed by atoms with Gasteiger partial charge in [0.2, 0.25) is 5.91 Å². The van der Waals surface area contributed by atoms with Gasteiger partial charge < -0.3 is 4.90 Å². The zero-order valence-electron chi connectivity index (χ0n) is 11.4. The highest BCUT2D eigenvalue weighted by atomic mass is 32.3. The molecule has 1 aliphatic heterocycles. The summed E-state index contributed by atoms with van der Waals surface area (Å²) in [6, 6.07) is 1.85. The van der Waals surface area contributed by atoms with Crippen LogP contribution < -0.4 is 4.90 Å². The summed E-state index contributed by atoms with van der Waals surface area (Å²) in [6.07, 6.45) is -4.77. The van der Waals surface area contributed by atoms with Gasteiger partial charge in [0.15, 0.2) is 0 Å². The van der Waals surface area contributed by atoms with Crippen LogP contribution in [0.15, 0.2) is 12.1 Å². The quantitative estimate of drug-likeness (QED) is 0.624. The van der Waals surface area contributed by atoms with Gasteiger partial charge in [0.25, 0.3) is 0 Å². The van der Waals surface area contributed by atoms with Crippen LogP contribution >= 0.6 is 0 Å². The number of carbonyl (C=O) groups excluding carboxylic acids is 1. The fraction of sp³-hybridized carbons (Fsp3) is 0.500. The number of aromatic nitrogens is 1. The molecule has 0 bridgehead atoms. The number of anilines is 1. The van der Waals surface area contributed by atoms with Gasteiger partial charge in [-0.1, -0.05) is 0 Å². The number of amides is 1. The molecule has 1 amide bonds. The van der Waals surface area contributed by atoms with Gasteiger partial charge in [-0.25, -0.2) is 4.98 Å². The normalized spacial score (nSPS) is 19.8. The lowest BCUT2D eigenvalue weighted by Crippen LogP contribution is -2.26. The third kappa shape index (κ3) is 3.73. The Kier molecular flexibility index (Phi) is 4.16. The van der Waals surface area contributed by atoms with Crippen molar-refractivity contribution in [1.82, 2.24) is 4.98 Å². The Hall–Kier alpha value is -1.71. The summed E-state index contributed by atoms with van der Waals surface area (Å²) >= 11 is 0. The summed E-state index contributed by atoms with van der Waals surface area (Å²) in [5, 5.41) is 0. The van der Waals surface area contributed by atoms with Gasteiger partial charge in [-0.2, -0.15) is 21.6 Å². The summed E-state index contributed by atoms with van der Waals surface area (Å²) in [5.41, 5.74) is -0.924. The van der Waals surface area contributed by atoms with E-state index in [1.54, 1.807) is 0 Å². The Labute approximate surface area is 124 Å². The van der Waals surface area contributed by atoms with Crippen molar-refractivity contribution in [3.63, 3.8) is 0 Å². The van der Waals surface area contributed by atoms with Crippen LogP contribution in [-0.2, 0) is 21.2 Å². The SMILES string of the molecule is Cc1nc(C(F)(F)F)ccc1N1CC(CS(=O)(=O)F)CC1=O. The van der Waals surface area contributed by atoms with Gasteiger partial charge in [0, 0.05) is 18.9 Å². The molecule has 1 unspecified atom stereocenters. The molecule has 0 N–H and O–H groups in total. The second-order valence-corrected chi connectivity index (χ2v) is 6.49. The molecule has 22 heavy (non-hydrogen) atoms. The summed E-state index contributed by atoms with van der Waals surface area (Å²) in [7, 11) is -4.72. The molecule has 1 aliphatic rings. The van der Waals surface area contributed by atoms with Gasteiger partial charge in [0.05, 0.1) is 17.1 Å². The minimum absolute atomic E-state index is 0.00747. The summed E-state index contributed by atoms with van der Waals surface area (Å²) in [5.74, 6) is -2.00. The highest BCUT2D eigenvalue weighted by Gasteiger charge is 2.36. The van der Waals surface area contributed by atoms with Crippen molar-refractivity contribution in [2.75, 3.05) is 17.2 Å². The Balaban J connectivity index is 2.24. The van der Waals surface area contributed by atoms with E-state index in [1.807, 2.05) is 0 Å². The monoisotopic (exact) mass is 340 g/mol. The van der Waals surface area contributed by atoms with Crippen LogP contribution in [0.1, 0.15) is 17.8 Å². The fourth-order valence-electron chi connectivity index (χ4n) is 2.40. The lowest BCUT2D eigenvalue weighted by atomic mass is 10.1. The van der Waals surface area contributed by atoms with E-state index in [1.165, 1.54) is 6.92 Å². The van der Waals surface area contributed by atoms with Crippen LogP contribution in [-0.4, -0.2) is 31.6 Å². The molecule has 0 radical (unpaired) electrons. The van der Waals surface area contributed by atoms with Crippen LogP contribution in [0.5, 0.6) is 0 Å². The Morgan fingerprint density at radius 1 is 1.36 bits per heavy atom. The van der Waals surface area contributed by atoms with Crippen LogP contribution in [0.2, 0.25) is 0 Å². The molecule has 1 saturated heterocycles. The molecule has 122 valence electrons. The number of alkyl halides is 3. The van der Waals surface area contributed by atoms with Crippen molar-refractivity contribution >= 4 is 21.8 Å². The third-order valence-corrected chi connectivity index (χ3v) is 4.15. The first-order valence-electron chi connectivity index (χ1n) is 6.25. The molecule has 5 nitrogen and oxygen atoms in total. The zero-order valence-corrected chi connectivity index (χ0v) is 12.2. The van der Waals surface area contributed by atoms with E-state index in [9.17, 15) is 30.3 Å². The number of rotatable bonds is 3. The van der Waals surface area contributed by atoms with Crippen LogP contribution in [0.25, 0.3) is 0 Å². The van der Waals surface area contributed by atoms with Crippen molar-refractivity contribution in [2.24, 2.45) is 5.92 Å². The summed E-state index contributed by atoms with van der Waals surface area (Å²) in [6.45, 7) is 1.24. The topological polar surface area (TPSA) is 67.3 Å². The molecule has 0 aromatic carbocycles. The molecule has 2 rings (SSSR count). The van der Waals surface area contributed by atoms with E-state index in [4.69, 9.17) is 0 Å². The second kappa shape index (κ2) is 5.49. The highest BCUT2D eigenvalue weighted by molar-refractivity contribution is 7.86. The Morgan fingerprint density at radius 3 is 2.50 bits per heavy atom. The smallest absolute Gasteiger partial charge is 0.310 e. The lowest BCUT2D eigenvalue weighted by molar-refractivity contribution is -0.141. The number of hydrogen-bond acceptors (Lipinski definition) is 4. The number of aryl methyl sites for hydroxylation is 1. The van der Waals surface area contributed by atoms with Gasteiger partial charge in [-0.05, 0) is 19.1 Å². The molecular weight excluding hydrogens is 328 g/mol. The summed E-state index contributed by atoms with van der Waals surface area (Å²) < 4.78 is 71.6. The lowest BCUT2D eigenvalue weighted by Gasteiger charge is -2.19. The minimum Gasteiger partial charge on any atom is -0.310 e. The van der Waals surface area contributed by atoms with Crippen molar-refractivity contribution in [2.45, 2.75) is 19.5 Å². The van der Waals surface area contributed by atoms with E-state index in [0.717, 1.165) is 17.0 Å². The second-order valence-electron chi connectivity index (χ2n) is 5.08. The van der Waals surface area contributed by atoms with Gasteiger partial charge >= 0.3 is 16.4 Å². The van der Waals surface area contributed by atoms with Crippen LogP contribution in [0.4, 0.5) is 22.7 Å². The van der Waals surface area contributed by atoms with Crippen LogP contribution in [0, 0.1) is 12.8 Å². The molecule has 0 aliphatic carbocycles. The average molecular weight is 340 g/mol.